The van der Waals surface area contributed by atoms with Gasteiger partial charge < -0.3 is 9.26 Å². The molecule has 1 aromatic rings. The lowest BCUT2D eigenvalue weighted by Crippen LogP contribution is -2.07. The van der Waals surface area contributed by atoms with E-state index in [9.17, 15) is 9.36 Å². The molecule has 0 aromatic heterocycles. The second-order valence-electron chi connectivity index (χ2n) is 4.15. The monoisotopic (exact) mass is 314 g/mol. The van der Waals surface area contributed by atoms with E-state index < -0.39 is 13.8 Å². The van der Waals surface area contributed by atoms with Gasteiger partial charge in [0.05, 0.1) is 20.3 Å². The third kappa shape index (κ3) is 5.71. The average Bonchev–Trinajstić information content (AvgIpc) is 2.46. The predicted molar refractivity (Wildman–Crippen MR) is 77.9 cm³/mol. The van der Waals surface area contributed by atoms with Crippen molar-refractivity contribution in [1.82, 2.24) is 0 Å². The van der Waals surface area contributed by atoms with E-state index in [-0.39, 0.29) is 18.8 Å². The molecule has 0 N–H and O–H groups in total. The van der Waals surface area contributed by atoms with Gasteiger partial charge in [-0.3, -0.25) is 9.05 Å². The molecule has 1 aromatic carbocycles. The van der Waals surface area contributed by atoms with Crippen LogP contribution in [-0.2, 0) is 29.5 Å². The molecule has 116 valence electrons. The third-order valence-electron chi connectivity index (χ3n) is 2.38. The van der Waals surface area contributed by atoms with Crippen LogP contribution < -0.4 is 4.74 Å². The number of methoxy groups -OCH3 is 1. The van der Waals surface area contributed by atoms with Crippen LogP contribution in [0, 0.1) is 0 Å². The molecule has 1 atom stereocenters. The van der Waals surface area contributed by atoms with Crippen LogP contribution in [0.2, 0.25) is 0 Å². The lowest BCUT2D eigenvalue weighted by Gasteiger charge is -2.16. The fourth-order valence-electron chi connectivity index (χ4n) is 1.30. The highest BCUT2D eigenvalue weighted by molar-refractivity contribution is 7.49. The van der Waals surface area contributed by atoms with E-state index in [0.29, 0.717) is 5.75 Å². The summed E-state index contributed by atoms with van der Waals surface area (Å²) >= 11 is 0. The largest absolute Gasteiger partial charge is 0.532 e. The van der Waals surface area contributed by atoms with Crippen molar-refractivity contribution in [3.8, 4) is 5.75 Å². The summed E-state index contributed by atoms with van der Waals surface area (Å²) in [6, 6.07) is 6.97. The molecule has 0 aliphatic carbocycles. The maximum absolute atomic E-state index is 12.3. The molecule has 21 heavy (non-hydrogen) atoms. The minimum absolute atomic E-state index is 0.0231. The van der Waals surface area contributed by atoms with Crippen LogP contribution in [0.4, 0.5) is 0 Å². The Balaban J connectivity index is 2.70. The highest BCUT2D eigenvalue weighted by Gasteiger charge is 2.31. The Morgan fingerprint density at radius 1 is 1.24 bits per heavy atom. The van der Waals surface area contributed by atoms with Gasteiger partial charge in [-0.1, -0.05) is 18.7 Å². The van der Waals surface area contributed by atoms with Crippen molar-refractivity contribution in [2.75, 3.05) is 13.7 Å². The van der Waals surface area contributed by atoms with E-state index >= 15 is 0 Å². The number of ether oxygens (including phenoxy) is 1. The molecule has 0 bridgehead atoms. The van der Waals surface area contributed by atoms with Gasteiger partial charge in [-0.05, 0) is 31.5 Å². The molecule has 7 heteroatoms. The summed E-state index contributed by atoms with van der Waals surface area (Å²) in [6.07, 6.45) is 0. The van der Waals surface area contributed by atoms with Crippen LogP contribution in [0.15, 0.2) is 36.4 Å². The summed E-state index contributed by atoms with van der Waals surface area (Å²) in [7, 11) is -2.39. The maximum Gasteiger partial charge on any atom is 0.532 e. The average molecular weight is 314 g/mol. The normalized spacial score (nSPS) is 13.3. The lowest BCUT2D eigenvalue weighted by atomic mass is 10.2. The number of hydrogen-bond donors (Lipinski definition) is 0. The summed E-state index contributed by atoms with van der Waals surface area (Å²) in [5, 5.41) is 0. The first-order chi connectivity index (χ1) is 9.90. The van der Waals surface area contributed by atoms with Crippen molar-refractivity contribution >= 4 is 13.8 Å². The Labute approximate surface area is 124 Å². The van der Waals surface area contributed by atoms with E-state index in [2.05, 4.69) is 6.58 Å². The second kappa shape index (κ2) is 7.98. The number of carbonyl (C=O) groups is 1. The summed E-state index contributed by atoms with van der Waals surface area (Å²) in [5.41, 5.74) is 0.852. The van der Waals surface area contributed by atoms with E-state index in [4.69, 9.17) is 18.3 Å². The van der Waals surface area contributed by atoms with Crippen molar-refractivity contribution < 1.29 is 27.7 Å². The minimum atomic E-state index is -3.96. The van der Waals surface area contributed by atoms with Crippen molar-refractivity contribution in [3.05, 3.63) is 42.0 Å². The van der Waals surface area contributed by atoms with Crippen LogP contribution in [0.25, 0.3) is 0 Å². The van der Waals surface area contributed by atoms with Gasteiger partial charge >= 0.3 is 13.8 Å². The van der Waals surface area contributed by atoms with E-state index in [1.165, 1.54) is 6.92 Å². The third-order valence-corrected chi connectivity index (χ3v) is 3.79. The SMILES string of the molecule is C=C(C)C(=O)OP(=O)(OCC)OCc1ccc(OC)cc1. The molecule has 0 aliphatic heterocycles. The van der Waals surface area contributed by atoms with Crippen molar-refractivity contribution in [2.24, 2.45) is 0 Å². The molecule has 0 heterocycles. The van der Waals surface area contributed by atoms with Crippen LogP contribution in [0.1, 0.15) is 19.4 Å². The van der Waals surface area contributed by atoms with Crippen LogP contribution in [0.3, 0.4) is 0 Å². The smallest absolute Gasteiger partial charge is 0.497 e. The van der Waals surface area contributed by atoms with Gasteiger partial charge in [-0.25, -0.2) is 9.36 Å². The lowest BCUT2D eigenvalue weighted by molar-refractivity contribution is -0.132. The quantitative estimate of drug-likeness (QED) is 0.540. The van der Waals surface area contributed by atoms with Crippen LogP contribution in [0.5, 0.6) is 5.75 Å². The Kier molecular flexibility index (Phi) is 6.62. The molecular weight excluding hydrogens is 295 g/mol. The molecule has 1 unspecified atom stereocenters. The molecule has 0 saturated carbocycles. The summed E-state index contributed by atoms with van der Waals surface area (Å²) in [4.78, 5) is 11.5. The van der Waals surface area contributed by atoms with Gasteiger partial charge in [0.1, 0.15) is 5.75 Å². The topological polar surface area (TPSA) is 71.1 Å². The summed E-state index contributed by atoms with van der Waals surface area (Å²) < 4.78 is 32.2. The summed E-state index contributed by atoms with van der Waals surface area (Å²) in [6.45, 7) is 6.55. The molecule has 0 amide bonds. The Morgan fingerprint density at radius 2 is 1.86 bits per heavy atom. The first-order valence-corrected chi connectivity index (χ1v) is 7.77. The van der Waals surface area contributed by atoms with Gasteiger partial charge in [0.15, 0.2) is 0 Å². The van der Waals surface area contributed by atoms with Gasteiger partial charge in [-0.2, -0.15) is 0 Å². The number of carbonyl (C=O) groups excluding carboxylic acids is 1. The zero-order valence-electron chi connectivity index (χ0n) is 12.3. The number of phosphoric acid groups is 1. The molecule has 1 rings (SSSR count). The van der Waals surface area contributed by atoms with Crippen LogP contribution in [-0.4, -0.2) is 19.7 Å². The number of hydrogen-bond acceptors (Lipinski definition) is 6. The first kappa shape index (κ1) is 17.4. The van der Waals surface area contributed by atoms with Crippen molar-refractivity contribution in [3.63, 3.8) is 0 Å². The molecule has 0 aliphatic rings. The number of rotatable bonds is 8. The predicted octanol–water partition coefficient (Wildman–Crippen LogP) is 3.48. The van der Waals surface area contributed by atoms with Gasteiger partial charge in [0.2, 0.25) is 0 Å². The Hall–Kier alpha value is -1.62. The highest BCUT2D eigenvalue weighted by Crippen LogP contribution is 2.50. The van der Waals surface area contributed by atoms with Crippen molar-refractivity contribution in [2.45, 2.75) is 20.5 Å². The Bertz CT molecular complexity index is 537. The second-order valence-corrected chi connectivity index (χ2v) is 5.74. The number of phosphoric ester groups is 1. The summed E-state index contributed by atoms with van der Waals surface area (Å²) in [5.74, 6) is -0.123. The number of benzene rings is 1. The first-order valence-electron chi connectivity index (χ1n) is 6.31. The molecule has 0 spiro atoms. The maximum atomic E-state index is 12.3. The van der Waals surface area contributed by atoms with Crippen LogP contribution >= 0.6 is 7.82 Å². The van der Waals surface area contributed by atoms with Gasteiger partial charge in [0.25, 0.3) is 0 Å². The molecule has 0 radical (unpaired) electrons. The zero-order chi connectivity index (χ0) is 15.9. The fraction of sp³-hybridized carbons (Fsp3) is 0.357. The standard InChI is InChI=1S/C14H19O6P/c1-5-18-21(16,20-14(15)11(2)3)19-10-12-6-8-13(17-4)9-7-12/h6-9H,2,5,10H2,1,3-4H3. The molecule has 0 fully saturated rings. The highest BCUT2D eigenvalue weighted by atomic mass is 31.2. The van der Waals surface area contributed by atoms with Gasteiger partial charge in [0, 0.05) is 5.57 Å². The van der Waals surface area contributed by atoms with E-state index in [1.807, 2.05) is 0 Å². The van der Waals surface area contributed by atoms with E-state index in [0.717, 1.165) is 5.56 Å². The molecule has 0 saturated heterocycles. The Morgan fingerprint density at radius 3 is 2.33 bits per heavy atom. The zero-order valence-corrected chi connectivity index (χ0v) is 13.2. The van der Waals surface area contributed by atoms with Gasteiger partial charge in [-0.15, -0.1) is 0 Å². The molecular formula is C14H19O6P. The molecule has 6 nitrogen and oxygen atoms in total. The van der Waals surface area contributed by atoms with Crippen molar-refractivity contribution in [1.29, 1.82) is 0 Å². The fourth-order valence-corrected chi connectivity index (χ4v) is 2.47. The minimum Gasteiger partial charge on any atom is -0.497 e. The van der Waals surface area contributed by atoms with E-state index in [1.54, 1.807) is 38.3 Å².